The number of carbonyl (C=O) groups excluding carboxylic acids is 2. The highest BCUT2D eigenvalue weighted by Crippen LogP contribution is 2.31. The molecule has 0 atom stereocenters. The van der Waals surface area contributed by atoms with E-state index >= 15 is 0 Å². The third-order valence-corrected chi connectivity index (χ3v) is 7.52. The second-order valence-electron chi connectivity index (χ2n) is 7.73. The van der Waals surface area contributed by atoms with Gasteiger partial charge >= 0.3 is 5.97 Å². The molecule has 182 valence electrons. The molecule has 0 spiro atoms. The van der Waals surface area contributed by atoms with Crippen molar-refractivity contribution in [2.45, 2.75) is 17.7 Å². The number of sulfonamides is 1. The van der Waals surface area contributed by atoms with Crippen LogP contribution in [0.15, 0.2) is 65.6 Å². The summed E-state index contributed by atoms with van der Waals surface area (Å²) in [5.74, 6) is -1.94. The van der Waals surface area contributed by atoms with Crippen molar-refractivity contribution in [3.63, 3.8) is 0 Å². The number of benzene rings is 3. The molecule has 35 heavy (non-hydrogen) atoms. The largest absolute Gasteiger partial charge is 0.452 e. The summed E-state index contributed by atoms with van der Waals surface area (Å²) >= 11 is 12.2. The Balaban J connectivity index is 1.51. The predicted octanol–water partition coefficient (Wildman–Crippen LogP) is 5.07. The summed E-state index contributed by atoms with van der Waals surface area (Å²) in [7, 11) is -4.26. The Morgan fingerprint density at radius 2 is 1.74 bits per heavy atom. The monoisotopic (exact) mass is 536 g/mol. The zero-order valence-corrected chi connectivity index (χ0v) is 20.5. The Hall–Kier alpha value is -3.14. The van der Waals surface area contributed by atoms with E-state index < -0.39 is 39.2 Å². The number of ether oxygens (including phenoxy) is 1. The highest BCUT2D eigenvalue weighted by atomic mass is 35.5. The van der Waals surface area contributed by atoms with Crippen LogP contribution in [0, 0.1) is 5.82 Å². The van der Waals surface area contributed by atoms with Crippen LogP contribution in [0.2, 0.25) is 10.0 Å². The standard InChI is InChI=1S/C24H19Cl2FN2O5S/c25-19-13-20(26)22(35(32,33)28-17-9-7-16(27)8-10-17)12-18(19)24(31)34-14-23(30)29-11-3-5-15-4-1-2-6-21(15)29/h1-2,4,6-10,12-13,28H,3,5,11,14H2. The molecule has 0 saturated carbocycles. The van der Waals surface area contributed by atoms with E-state index in [9.17, 15) is 22.4 Å². The average molecular weight is 537 g/mol. The maximum absolute atomic E-state index is 13.1. The molecular formula is C24H19Cl2FN2O5S. The molecule has 1 amide bonds. The SMILES string of the molecule is O=C(OCC(=O)N1CCCc2ccccc21)c1cc(S(=O)(=O)Nc2ccc(F)cc2)c(Cl)cc1Cl. The molecule has 11 heteroatoms. The van der Waals surface area contributed by atoms with Crippen molar-refractivity contribution in [3.05, 3.63) is 87.7 Å². The fourth-order valence-electron chi connectivity index (χ4n) is 3.70. The number of nitrogens with one attached hydrogen (secondary N) is 1. The minimum atomic E-state index is -4.26. The van der Waals surface area contributed by atoms with Gasteiger partial charge in [-0.2, -0.15) is 0 Å². The van der Waals surface area contributed by atoms with Crippen molar-refractivity contribution in [1.29, 1.82) is 0 Å². The Morgan fingerprint density at radius 1 is 1.03 bits per heavy atom. The van der Waals surface area contributed by atoms with Crippen LogP contribution >= 0.6 is 23.2 Å². The Labute approximate surface area is 211 Å². The molecule has 1 heterocycles. The second-order valence-corrected chi connectivity index (χ2v) is 10.2. The number of esters is 1. The van der Waals surface area contributed by atoms with Gasteiger partial charge in [0.25, 0.3) is 15.9 Å². The number of amides is 1. The molecular weight excluding hydrogens is 518 g/mol. The lowest BCUT2D eigenvalue weighted by atomic mass is 10.0. The van der Waals surface area contributed by atoms with E-state index in [0.717, 1.165) is 48.4 Å². The van der Waals surface area contributed by atoms with Crippen molar-refractivity contribution >= 4 is 56.5 Å². The highest BCUT2D eigenvalue weighted by Gasteiger charge is 2.26. The molecule has 4 rings (SSSR count). The lowest BCUT2D eigenvalue weighted by Gasteiger charge is -2.29. The zero-order valence-electron chi connectivity index (χ0n) is 18.1. The number of halogens is 3. The highest BCUT2D eigenvalue weighted by molar-refractivity contribution is 7.92. The number of anilines is 2. The van der Waals surface area contributed by atoms with Crippen LogP contribution in [-0.4, -0.2) is 33.4 Å². The lowest BCUT2D eigenvalue weighted by molar-refractivity contribution is -0.121. The summed E-state index contributed by atoms with van der Waals surface area (Å²) < 4.78 is 46.2. The number of para-hydroxylation sites is 1. The van der Waals surface area contributed by atoms with E-state index in [1.54, 1.807) is 4.90 Å². The zero-order chi connectivity index (χ0) is 25.2. The quantitative estimate of drug-likeness (QED) is 0.444. The molecule has 3 aromatic rings. The van der Waals surface area contributed by atoms with Gasteiger partial charge in [0.2, 0.25) is 0 Å². The van der Waals surface area contributed by atoms with E-state index in [0.29, 0.717) is 6.54 Å². The number of hydrogen-bond acceptors (Lipinski definition) is 5. The molecule has 0 saturated heterocycles. The maximum atomic E-state index is 13.1. The van der Waals surface area contributed by atoms with E-state index in [1.807, 2.05) is 24.3 Å². The minimum absolute atomic E-state index is 0.0916. The van der Waals surface area contributed by atoms with Gasteiger partial charge < -0.3 is 9.64 Å². The summed E-state index contributed by atoms with van der Waals surface area (Å²) in [5, 5.41) is -0.376. The molecule has 0 unspecified atom stereocenters. The van der Waals surface area contributed by atoms with E-state index in [1.165, 1.54) is 12.1 Å². The minimum Gasteiger partial charge on any atom is -0.452 e. The number of hydrogen-bond donors (Lipinski definition) is 1. The van der Waals surface area contributed by atoms with Gasteiger partial charge in [0.1, 0.15) is 10.7 Å². The first-order valence-corrected chi connectivity index (χ1v) is 12.7. The third kappa shape index (κ3) is 5.58. The molecule has 0 bridgehead atoms. The summed E-state index contributed by atoms with van der Waals surface area (Å²) in [6.45, 7) is -0.0609. The van der Waals surface area contributed by atoms with E-state index in [-0.39, 0.29) is 21.3 Å². The van der Waals surface area contributed by atoms with Crippen LogP contribution in [0.1, 0.15) is 22.3 Å². The van der Waals surface area contributed by atoms with Gasteiger partial charge in [-0.3, -0.25) is 9.52 Å². The van der Waals surface area contributed by atoms with Crippen molar-refractivity contribution in [2.24, 2.45) is 0 Å². The molecule has 0 aliphatic carbocycles. The van der Waals surface area contributed by atoms with Gasteiger partial charge in [0.15, 0.2) is 6.61 Å². The number of carbonyl (C=O) groups is 2. The summed E-state index contributed by atoms with van der Waals surface area (Å²) in [6.07, 6.45) is 1.63. The summed E-state index contributed by atoms with van der Waals surface area (Å²) in [4.78, 5) is 26.6. The van der Waals surface area contributed by atoms with Crippen LogP contribution in [0.4, 0.5) is 15.8 Å². The van der Waals surface area contributed by atoms with Gasteiger partial charge in [-0.25, -0.2) is 17.6 Å². The molecule has 3 aromatic carbocycles. The predicted molar refractivity (Wildman–Crippen MR) is 131 cm³/mol. The van der Waals surface area contributed by atoms with Crippen LogP contribution in [0.5, 0.6) is 0 Å². The van der Waals surface area contributed by atoms with Gasteiger partial charge in [-0.05, 0) is 60.9 Å². The first-order chi connectivity index (χ1) is 16.7. The van der Waals surface area contributed by atoms with Gasteiger partial charge in [-0.15, -0.1) is 0 Å². The first-order valence-electron chi connectivity index (χ1n) is 10.5. The van der Waals surface area contributed by atoms with Crippen molar-refractivity contribution < 1.29 is 27.1 Å². The van der Waals surface area contributed by atoms with Crippen LogP contribution in [-0.2, 0) is 26.0 Å². The van der Waals surface area contributed by atoms with Crippen molar-refractivity contribution in [1.82, 2.24) is 0 Å². The number of fused-ring (bicyclic) bond motifs is 1. The molecule has 0 radical (unpaired) electrons. The smallest absolute Gasteiger partial charge is 0.340 e. The van der Waals surface area contributed by atoms with Crippen molar-refractivity contribution in [3.8, 4) is 0 Å². The number of aryl methyl sites for hydroxylation is 1. The van der Waals surface area contributed by atoms with Gasteiger partial charge in [0, 0.05) is 17.9 Å². The van der Waals surface area contributed by atoms with Crippen molar-refractivity contribution in [2.75, 3.05) is 22.8 Å². The molecule has 7 nitrogen and oxygen atoms in total. The fourth-order valence-corrected chi connectivity index (χ4v) is 5.61. The van der Waals surface area contributed by atoms with E-state index in [4.69, 9.17) is 27.9 Å². The number of nitrogens with zero attached hydrogens (tertiary/aromatic N) is 1. The molecule has 0 aromatic heterocycles. The maximum Gasteiger partial charge on any atom is 0.340 e. The molecule has 0 fully saturated rings. The number of rotatable bonds is 6. The van der Waals surface area contributed by atoms with Gasteiger partial charge in [0.05, 0.1) is 15.6 Å². The molecule has 1 aliphatic rings. The fraction of sp³-hybridized carbons (Fsp3) is 0.167. The summed E-state index contributed by atoms with van der Waals surface area (Å²) in [5.41, 5.74) is 1.61. The summed E-state index contributed by atoms with van der Waals surface area (Å²) in [6, 6.07) is 14.2. The van der Waals surface area contributed by atoms with Gasteiger partial charge in [-0.1, -0.05) is 41.4 Å². The molecule has 1 aliphatic heterocycles. The van der Waals surface area contributed by atoms with E-state index in [2.05, 4.69) is 4.72 Å². The Kier molecular flexibility index (Phi) is 7.30. The normalized spacial score (nSPS) is 13.2. The van der Waals surface area contributed by atoms with Crippen LogP contribution in [0.3, 0.4) is 0 Å². The molecule has 1 N–H and O–H groups in total. The lowest BCUT2D eigenvalue weighted by Crippen LogP contribution is -2.38. The van der Waals surface area contributed by atoms with Crippen LogP contribution < -0.4 is 9.62 Å². The van der Waals surface area contributed by atoms with Crippen LogP contribution in [0.25, 0.3) is 0 Å². The first kappa shape index (κ1) is 25.0. The average Bonchev–Trinajstić information content (AvgIpc) is 2.83. The Morgan fingerprint density at radius 3 is 2.49 bits per heavy atom. The second kappa shape index (κ2) is 10.2. The topological polar surface area (TPSA) is 92.8 Å². The third-order valence-electron chi connectivity index (χ3n) is 5.37. The Bertz CT molecular complexity index is 1400.